The van der Waals surface area contributed by atoms with Gasteiger partial charge in [0.15, 0.2) is 0 Å². The molecule has 1 aliphatic carbocycles. The first kappa shape index (κ1) is 20.5. The molecule has 0 radical (unpaired) electrons. The Morgan fingerprint density at radius 3 is 2.57 bits per heavy atom. The Bertz CT molecular complexity index is 932. The van der Waals surface area contributed by atoms with E-state index in [-0.39, 0.29) is 30.5 Å². The Kier molecular flexibility index (Phi) is 5.54. The molecule has 0 saturated heterocycles. The highest BCUT2D eigenvalue weighted by Crippen LogP contribution is 2.49. The zero-order chi connectivity index (χ0) is 21.3. The molecule has 5 nitrogen and oxygen atoms in total. The Labute approximate surface area is 178 Å². The molecular weight excluding hydrogens is 378 g/mol. The number of hydrogen-bond donors (Lipinski definition) is 0. The third kappa shape index (κ3) is 4.84. The zero-order valence-electron chi connectivity index (χ0n) is 17.9. The molecule has 1 amide bonds. The van der Waals surface area contributed by atoms with E-state index >= 15 is 0 Å². The third-order valence-corrected chi connectivity index (χ3v) is 5.63. The van der Waals surface area contributed by atoms with Gasteiger partial charge < -0.3 is 14.4 Å². The Morgan fingerprint density at radius 1 is 1.07 bits per heavy atom. The predicted molar refractivity (Wildman–Crippen MR) is 114 cm³/mol. The molecule has 1 aliphatic heterocycles. The maximum atomic E-state index is 12.5. The van der Waals surface area contributed by atoms with Crippen LogP contribution in [0.1, 0.15) is 55.4 Å². The zero-order valence-corrected chi connectivity index (χ0v) is 17.9. The van der Waals surface area contributed by atoms with Crippen LogP contribution >= 0.6 is 0 Å². The predicted octanol–water partition coefficient (Wildman–Crippen LogP) is 4.83. The van der Waals surface area contributed by atoms with Crippen molar-refractivity contribution in [1.82, 2.24) is 4.90 Å². The van der Waals surface area contributed by atoms with Gasteiger partial charge in [-0.25, -0.2) is 4.79 Å². The van der Waals surface area contributed by atoms with Gasteiger partial charge in [0, 0.05) is 13.1 Å². The summed E-state index contributed by atoms with van der Waals surface area (Å²) in [7, 11) is 0. The van der Waals surface area contributed by atoms with Crippen molar-refractivity contribution in [2.24, 2.45) is 5.92 Å². The fourth-order valence-electron chi connectivity index (χ4n) is 3.97. The molecule has 1 heterocycles. The van der Waals surface area contributed by atoms with E-state index in [0.717, 1.165) is 24.0 Å². The van der Waals surface area contributed by atoms with E-state index in [1.54, 1.807) is 4.90 Å². The van der Waals surface area contributed by atoms with E-state index in [4.69, 9.17) is 9.47 Å². The summed E-state index contributed by atoms with van der Waals surface area (Å²) in [6.07, 6.45) is 1.37. The number of carbonyl (C=O) groups excluding carboxylic acids is 2. The number of ether oxygens (including phenoxy) is 2. The number of nitrogens with zero attached hydrogens (tertiary/aromatic N) is 1. The molecule has 0 spiro atoms. The summed E-state index contributed by atoms with van der Waals surface area (Å²) in [4.78, 5) is 26.5. The minimum absolute atomic E-state index is 0.0321. The number of esters is 1. The van der Waals surface area contributed by atoms with Crippen LogP contribution in [0.3, 0.4) is 0 Å². The molecule has 1 fully saturated rings. The van der Waals surface area contributed by atoms with E-state index in [0.29, 0.717) is 13.1 Å². The van der Waals surface area contributed by atoms with Gasteiger partial charge >= 0.3 is 12.1 Å². The number of amides is 1. The Morgan fingerprint density at radius 2 is 1.83 bits per heavy atom. The first-order valence-electron chi connectivity index (χ1n) is 10.6. The average Bonchev–Trinajstić information content (AvgIpc) is 3.52. The molecular formula is C25H29NO4. The van der Waals surface area contributed by atoms with Crippen LogP contribution in [-0.4, -0.2) is 29.1 Å². The monoisotopic (exact) mass is 407 g/mol. The molecule has 2 aromatic carbocycles. The van der Waals surface area contributed by atoms with Gasteiger partial charge in [0.05, 0.1) is 5.92 Å². The van der Waals surface area contributed by atoms with Crippen molar-refractivity contribution in [2.45, 2.75) is 58.3 Å². The second-order valence-corrected chi connectivity index (χ2v) is 9.22. The molecule has 0 bridgehead atoms. The fourth-order valence-corrected chi connectivity index (χ4v) is 3.97. The molecule has 158 valence electrons. The van der Waals surface area contributed by atoms with Gasteiger partial charge in [0.1, 0.15) is 12.2 Å². The van der Waals surface area contributed by atoms with Crippen LogP contribution in [0.15, 0.2) is 48.5 Å². The highest BCUT2D eigenvalue weighted by atomic mass is 16.6. The maximum Gasteiger partial charge on any atom is 0.410 e. The number of hydrogen-bond acceptors (Lipinski definition) is 4. The molecule has 2 atom stereocenters. The summed E-state index contributed by atoms with van der Waals surface area (Å²) < 4.78 is 11.0. The SMILES string of the molecule is CC(C)(C)OC(=O)C1CC1c1ccc2c(c1)CCN(C(=O)OCc1ccccc1)C2. The molecule has 2 aromatic rings. The van der Waals surface area contributed by atoms with Gasteiger partial charge in [-0.3, -0.25) is 4.79 Å². The van der Waals surface area contributed by atoms with Crippen molar-refractivity contribution in [3.05, 3.63) is 70.8 Å². The van der Waals surface area contributed by atoms with Crippen molar-refractivity contribution in [3.8, 4) is 0 Å². The van der Waals surface area contributed by atoms with Gasteiger partial charge in [-0.15, -0.1) is 0 Å². The van der Waals surface area contributed by atoms with Crippen LogP contribution in [0, 0.1) is 5.92 Å². The van der Waals surface area contributed by atoms with E-state index in [2.05, 4.69) is 18.2 Å². The minimum atomic E-state index is -0.446. The van der Waals surface area contributed by atoms with E-state index in [9.17, 15) is 9.59 Å². The highest BCUT2D eigenvalue weighted by Gasteiger charge is 2.46. The fraction of sp³-hybridized carbons (Fsp3) is 0.440. The lowest BCUT2D eigenvalue weighted by molar-refractivity contribution is -0.156. The van der Waals surface area contributed by atoms with E-state index < -0.39 is 5.60 Å². The molecule has 5 heteroatoms. The van der Waals surface area contributed by atoms with E-state index in [1.165, 1.54) is 11.1 Å². The van der Waals surface area contributed by atoms with Gasteiger partial charge in [-0.2, -0.15) is 0 Å². The third-order valence-electron chi connectivity index (χ3n) is 5.63. The second-order valence-electron chi connectivity index (χ2n) is 9.22. The number of carbonyl (C=O) groups is 2. The van der Waals surface area contributed by atoms with Crippen LogP contribution in [0.4, 0.5) is 4.79 Å². The quantitative estimate of drug-likeness (QED) is 0.682. The van der Waals surface area contributed by atoms with Crippen molar-refractivity contribution in [1.29, 1.82) is 0 Å². The lowest BCUT2D eigenvalue weighted by Crippen LogP contribution is -2.36. The lowest BCUT2D eigenvalue weighted by Gasteiger charge is -2.28. The molecule has 30 heavy (non-hydrogen) atoms. The first-order chi connectivity index (χ1) is 14.3. The number of fused-ring (bicyclic) bond motifs is 1. The molecule has 4 rings (SSSR count). The first-order valence-corrected chi connectivity index (χ1v) is 10.6. The van der Waals surface area contributed by atoms with Crippen molar-refractivity contribution in [3.63, 3.8) is 0 Å². The Hall–Kier alpha value is -2.82. The van der Waals surface area contributed by atoms with Crippen LogP contribution in [0.2, 0.25) is 0 Å². The van der Waals surface area contributed by atoms with Gasteiger partial charge in [0.25, 0.3) is 0 Å². The summed E-state index contributed by atoms with van der Waals surface area (Å²) in [5, 5.41) is 0. The van der Waals surface area contributed by atoms with Gasteiger partial charge in [-0.05, 0) is 61.8 Å². The Balaban J connectivity index is 1.34. The second kappa shape index (κ2) is 8.13. The standard InChI is InChI=1S/C25H29NO4/c1-25(2,3)30-23(27)22-14-21(22)19-9-10-20-15-26(12-11-18(20)13-19)24(28)29-16-17-7-5-4-6-8-17/h4-10,13,21-22H,11-12,14-16H2,1-3H3. The summed E-state index contributed by atoms with van der Waals surface area (Å²) >= 11 is 0. The van der Waals surface area contributed by atoms with Crippen LogP contribution in [0.25, 0.3) is 0 Å². The van der Waals surface area contributed by atoms with Crippen LogP contribution < -0.4 is 0 Å². The number of rotatable bonds is 4. The lowest BCUT2D eigenvalue weighted by atomic mass is 9.95. The number of benzene rings is 2. The van der Waals surface area contributed by atoms with Crippen molar-refractivity contribution < 1.29 is 19.1 Å². The largest absolute Gasteiger partial charge is 0.460 e. The summed E-state index contributed by atoms with van der Waals surface area (Å²) in [6, 6.07) is 16.1. The van der Waals surface area contributed by atoms with Gasteiger partial charge in [0.2, 0.25) is 0 Å². The summed E-state index contributed by atoms with van der Waals surface area (Å²) in [5.74, 6) is 0.118. The summed E-state index contributed by atoms with van der Waals surface area (Å²) in [5.41, 5.74) is 4.14. The summed E-state index contributed by atoms with van der Waals surface area (Å²) in [6.45, 7) is 7.19. The maximum absolute atomic E-state index is 12.5. The average molecular weight is 408 g/mol. The van der Waals surface area contributed by atoms with Crippen molar-refractivity contribution >= 4 is 12.1 Å². The topological polar surface area (TPSA) is 55.8 Å². The molecule has 1 saturated carbocycles. The van der Waals surface area contributed by atoms with Crippen LogP contribution in [0.5, 0.6) is 0 Å². The van der Waals surface area contributed by atoms with Gasteiger partial charge in [-0.1, -0.05) is 48.5 Å². The minimum Gasteiger partial charge on any atom is -0.460 e. The van der Waals surface area contributed by atoms with E-state index in [1.807, 2.05) is 51.1 Å². The smallest absolute Gasteiger partial charge is 0.410 e. The normalized spacial score (nSPS) is 20.3. The highest BCUT2D eigenvalue weighted by molar-refractivity contribution is 5.78. The van der Waals surface area contributed by atoms with Crippen LogP contribution in [-0.2, 0) is 33.8 Å². The molecule has 0 aromatic heterocycles. The molecule has 2 aliphatic rings. The molecule has 2 unspecified atom stereocenters. The van der Waals surface area contributed by atoms with Crippen molar-refractivity contribution in [2.75, 3.05) is 6.54 Å². The molecule has 0 N–H and O–H groups in total.